The summed E-state index contributed by atoms with van der Waals surface area (Å²) in [5, 5.41) is 0.531. The van der Waals surface area contributed by atoms with Crippen LogP contribution in [0.2, 0.25) is 5.15 Å². The van der Waals surface area contributed by atoms with Crippen molar-refractivity contribution in [3.05, 3.63) is 28.5 Å². The standard InChI is InChI=1S/C14H16ClNO2/c1-14(2,3)18-13(17)12-8-4-7-5-10(15)16-6-9(7)11(8)12/h5-6,8,11-12H,4H2,1-3H3. The molecular weight excluding hydrogens is 250 g/mol. The normalized spacial score (nSPS) is 28.6. The van der Waals surface area contributed by atoms with Gasteiger partial charge in [0.15, 0.2) is 0 Å². The first kappa shape index (κ1) is 12.0. The molecule has 0 aromatic carbocycles. The lowest BCUT2D eigenvalue weighted by molar-refractivity contribution is -0.157. The van der Waals surface area contributed by atoms with Crippen LogP contribution in [0.1, 0.15) is 37.8 Å². The molecule has 1 fully saturated rings. The Morgan fingerprint density at radius 1 is 1.50 bits per heavy atom. The Morgan fingerprint density at radius 2 is 2.22 bits per heavy atom. The zero-order valence-electron chi connectivity index (χ0n) is 10.7. The number of hydrogen-bond acceptors (Lipinski definition) is 3. The monoisotopic (exact) mass is 265 g/mol. The smallest absolute Gasteiger partial charge is 0.310 e. The third-order valence-electron chi connectivity index (χ3n) is 3.65. The summed E-state index contributed by atoms with van der Waals surface area (Å²) in [6.07, 6.45) is 2.73. The molecule has 1 aromatic rings. The fourth-order valence-electron chi connectivity index (χ4n) is 2.95. The molecule has 0 amide bonds. The Morgan fingerprint density at radius 3 is 2.89 bits per heavy atom. The zero-order chi connectivity index (χ0) is 13.1. The maximum absolute atomic E-state index is 12.0. The van der Waals surface area contributed by atoms with Crippen LogP contribution in [0.4, 0.5) is 0 Å². The first-order valence-corrected chi connectivity index (χ1v) is 6.62. The van der Waals surface area contributed by atoms with Crippen molar-refractivity contribution in [2.24, 2.45) is 11.8 Å². The van der Waals surface area contributed by atoms with Gasteiger partial charge >= 0.3 is 5.97 Å². The fourth-order valence-corrected chi connectivity index (χ4v) is 3.13. The molecule has 1 aromatic heterocycles. The number of carbonyl (C=O) groups is 1. The van der Waals surface area contributed by atoms with Gasteiger partial charge in [-0.05, 0) is 50.3 Å². The Kier molecular flexibility index (Phi) is 2.46. The van der Waals surface area contributed by atoms with Crippen molar-refractivity contribution < 1.29 is 9.53 Å². The van der Waals surface area contributed by atoms with Gasteiger partial charge in [0.2, 0.25) is 0 Å². The Bertz CT molecular complexity index is 521. The van der Waals surface area contributed by atoms with Crippen molar-refractivity contribution in [1.82, 2.24) is 4.98 Å². The number of ether oxygens (including phenoxy) is 1. The van der Waals surface area contributed by atoms with E-state index < -0.39 is 5.60 Å². The van der Waals surface area contributed by atoms with Crippen LogP contribution in [0.25, 0.3) is 0 Å². The predicted octanol–water partition coefficient (Wildman–Crippen LogP) is 2.96. The topological polar surface area (TPSA) is 39.2 Å². The van der Waals surface area contributed by atoms with Crippen LogP contribution in [-0.2, 0) is 16.0 Å². The number of halogens is 1. The quantitative estimate of drug-likeness (QED) is 0.579. The van der Waals surface area contributed by atoms with Gasteiger partial charge in [-0.2, -0.15) is 0 Å². The molecule has 4 heteroatoms. The SMILES string of the molecule is CC(C)(C)OC(=O)C1C2Cc3cc(Cl)ncc3C21. The van der Waals surface area contributed by atoms with Gasteiger partial charge in [0, 0.05) is 12.1 Å². The van der Waals surface area contributed by atoms with Gasteiger partial charge in [-0.1, -0.05) is 11.6 Å². The van der Waals surface area contributed by atoms with Crippen LogP contribution in [0.3, 0.4) is 0 Å². The van der Waals surface area contributed by atoms with Crippen LogP contribution in [-0.4, -0.2) is 16.6 Å². The molecular formula is C14H16ClNO2. The summed E-state index contributed by atoms with van der Waals surface area (Å²) in [6.45, 7) is 5.70. The summed E-state index contributed by atoms with van der Waals surface area (Å²) in [4.78, 5) is 16.2. The van der Waals surface area contributed by atoms with Crippen LogP contribution in [0.15, 0.2) is 12.3 Å². The Labute approximate surface area is 112 Å². The lowest BCUT2D eigenvalue weighted by atomic mass is 10.0. The molecule has 1 heterocycles. The number of hydrogen-bond donors (Lipinski definition) is 0. The number of nitrogens with zero attached hydrogens (tertiary/aromatic N) is 1. The lowest BCUT2D eigenvalue weighted by Gasteiger charge is -2.20. The average molecular weight is 266 g/mol. The van der Waals surface area contributed by atoms with Gasteiger partial charge in [0.05, 0.1) is 5.92 Å². The third-order valence-corrected chi connectivity index (χ3v) is 3.86. The number of rotatable bonds is 1. The summed E-state index contributed by atoms with van der Waals surface area (Å²) >= 11 is 5.87. The summed E-state index contributed by atoms with van der Waals surface area (Å²) < 4.78 is 5.45. The zero-order valence-corrected chi connectivity index (χ0v) is 11.5. The molecule has 3 atom stereocenters. The van der Waals surface area contributed by atoms with Crippen molar-refractivity contribution in [2.75, 3.05) is 0 Å². The van der Waals surface area contributed by atoms with Crippen molar-refractivity contribution >= 4 is 17.6 Å². The molecule has 0 saturated heterocycles. The van der Waals surface area contributed by atoms with E-state index in [0.29, 0.717) is 17.0 Å². The van der Waals surface area contributed by atoms with Crippen LogP contribution in [0, 0.1) is 11.8 Å². The van der Waals surface area contributed by atoms with E-state index >= 15 is 0 Å². The van der Waals surface area contributed by atoms with Gasteiger partial charge in [-0.25, -0.2) is 4.98 Å². The largest absolute Gasteiger partial charge is 0.460 e. The van der Waals surface area contributed by atoms with Crippen molar-refractivity contribution in [2.45, 2.75) is 38.7 Å². The van der Waals surface area contributed by atoms with E-state index in [1.165, 1.54) is 11.1 Å². The summed E-state index contributed by atoms with van der Waals surface area (Å²) in [6, 6.07) is 1.91. The minimum atomic E-state index is -0.408. The van der Waals surface area contributed by atoms with Crippen molar-refractivity contribution in [3.8, 4) is 0 Å². The second kappa shape index (κ2) is 3.70. The highest BCUT2D eigenvalue weighted by atomic mass is 35.5. The van der Waals surface area contributed by atoms with E-state index in [9.17, 15) is 4.79 Å². The maximum atomic E-state index is 12.0. The molecule has 0 radical (unpaired) electrons. The van der Waals surface area contributed by atoms with E-state index in [1.807, 2.05) is 33.0 Å². The molecule has 3 nitrogen and oxygen atoms in total. The minimum Gasteiger partial charge on any atom is -0.460 e. The molecule has 0 N–H and O–H groups in total. The Hall–Kier alpha value is -1.09. The summed E-state index contributed by atoms with van der Waals surface area (Å²) in [5.74, 6) is 0.660. The van der Waals surface area contributed by atoms with Gasteiger partial charge < -0.3 is 4.74 Å². The second-order valence-electron chi connectivity index (χ2n) is 6.16. The van der Waals surface area contributed by atoms with Crippen LogP contribution in [0.5, 0.6) is 0 Å². The molecule has 3 rings (SSSR count). The number of fused-ring (bicyclic) bond motifs is 3. The lowest BCUT2D eigenvalue weighted by Crippen LogP contribution is -2.26. The average Bonchev–Trinajstić information content (AvgIpc) is 2.80. The molecule has 0 spiro atoms. The molecule has 2 aliphatic rings. The molecule has 18 heavy (non-hydrogen) atoms. The predicted molar refractivity (Wildman–Crippen MR) is 68.5 cm³/mol. The molecule has 96 valence electrons. The van der Waals surface area contributed by atoms with Gasteiger partial charge in [-0.15, -0.1) is 0 Å². The van der Waals surface area contributed by atoms with Gasteiger partial charge in [0.1, 0.15) is 10.8 Å². The summed E-state index contributed by atoms with van der Waals surface area (Å²) in [5.41, 5.74) is 2.01. The van der Waals surface area contributed by atoms with Crippen molar-refractivity contribution in [1.29, 1.82) is 0 Å². The summed E-state index contributed by atoms with van der Waals surface area (Å²) in [7, 11) is 0. The molecule has 1 saturated carbocycles. The highest BCUT2D eigenvalue weighted by Gasteiger charge is 2.60. The van der Waals surface area contributed by atoms with Crippen LogP contribution >= 0.6 is 11.6 Å². The number of carbonyl (C=O) groups excluding carboxylic acids is 1. The maximum Gasteiger partial charge on any atom is 0.310 e. The number of esters is 1. The number of pyridine rings is 1. The van der Waals surface area contributed by atoms with Gasteiger partial charge in [-0.3, -0.25) is 4.79 Å². The van der Waals surface area contributed by atoms with Crippen molar-refractivity contribution in [3.63, 3.8) is 0 Å². The van der Waals surface area contributed by atoms with E-state index in [4.69, 9.17) is 16.3 Å². The van der Waals surface area contributed by atoms with E-state index in [1.54, 1.807) is 0 Å². The molecule has 0 aliphatic heterocycles. The van der Waals surface area contributed by atoms with Gasteiger partial charge in [0.25, 0.3) is 0 Å². The van der Waals surface area contributed by atoms with E-state index in [0.717, 1.165) is 6.42 Å². The first-order valence-electron chi connectivity index (χ1n) is 6.24. The number of aromatic nitrogens is 1. The van der Waals surface area contributed by atoms with E-state index in [2.05, 4.69) is 4.98 Å². The fraction of sp³-hybridized carbons (Fsp3) is 0.571. The third kappa shape index (κ3) is 1.91. The highest BCUT2D eigenvalue weighted by Crippen LogP contribution is 2.61. The second-order valence-corrected chi connectivity index (χ2v) is 6.55. The van der Waals surface area contributed by atoms with E-state index in [-0.39, 0.29) is 11.9 Å². The first-order chi connectivity index (χ1) is 8.37. The molecule has 3 unspecified atom stereocenters. The molecule has 2 aliphatic carbocycles. The highest BCUT2D eigenvalue weighted by molar-refractivity contribution is 6.29. The van der Waals surface area contributed by atoms with Crippen LogP contribution < -0.4 is 0 Å². The Balaban J connectivity index is 1.76. The minimum absolute atomic E-state index is 0.0275. The molecule has 0 bridgehead atoms.